The first-order valence-electron chi connectivity index (χ1n) is 11.8. The van der Waals surface area contributed by atoms with Crippen molar-refractivity contribution in [1.29, 1.82) is 0 Å². The molecule has 0 N–H and O–H groups in total. The third kappa shape index (κ3) is 4.33. The minimum Gasteiger partial charge on any atom is -0.424 e. The molecule has 0 amide bonds. The molecule has 7 rings (SSSR count). The Morgan fingerprint density at radius 3 is 1.47 bits per heavy atom. The molecule has 7 fully saturated rings. The highest BCUT2D eigenvalue weighted by molar-refractivity contribution is 7.01. The summed E-state index contributed by atoms with van der Waals surface area (Å²) in [5, 5.41) is 0. The van der Waals surface area contributed by atoms with Crippen molar-refractivity contribution in [3.8, 4) is 0 Å². The molecule has 0 aliphatic carbocycles. The summed E-state index contributed by atoms with van der Waals surface area (Å²) in [5.74, 6) is 0. The van der Waals surface area contributed by atoms with Crippen LogP contribution in [0.1, 0.15) is 0 Å². The van der Waals surface area contributed by atoms with Crippen LogP contribution in [0.4, 0.5) is 0 Å². The first-order valence-corrected chi connectivity index (χ1v) is 26.4. The summed E-state index contributed by atoms with van der Waals surface area (Å²) in [5.41, 5.74) is 4.31. The molecular weight excluding hydrogens is 661 g/mol. The van der Waals surface area contributed by atoms with Crippen molar-refractivity contribution in [2.75, 3.05) is 19.8 Å². The first-order chi connectivity index (χ1) is 18.2. The summed E-state index contributed by atoms with van der Waals surface area (Å²) in [6.07, 6.45) is 0. The van der Waals surface area contributed by atoms with Gasteiger partial charge in [-0.2, -0.15) is 0 Å². The summed E-state index contributed by atoms with van der Waals surface area (Å²) in [7, 11) is -29.5. The van der Waals surface area contributed by atoms with Gasteiger partial charge in [-0.1, -0.05) is 5.70 Å². The van der Waals surface area contributed by atoms with Crippen molar-refractivity contribution in [3.05, 3.63) is 49.1 Å². The van der Waals surface area contributed by atoms with Crippen molar-refractivity contribution in [2.24, 2.45) is 0 Å². The summed E-state index contributed by atoms with van der Waals surface area (Å²) in [6, 6.07) is 0. The van der Waals surface area contributed by atoms with Crippen LogP contribution in [0.15, 0.2) is 49.1 Å². The molecule has 7 atom stereocenters. The molecule has 15 nitrogen and oxygen atoms in total. The highest BCUT2D eigenvalue weighted by atomic mass is 28.6. The van der Waals surface area contributed by atoms with Gasteiger partial charge in [0.2, 0.25) is 0 Å². The molecule has 0 radical (unpaired) electrons. The minimum atomic E-state index is -4.08. The minimum absolute atomic E-state index is 0.224. The fraction of sp³-hybridized carbons (Fsp3) is 0.429. The zero-order chi connectivity index (χ0) is 26.4. The molecule has 7 aliphatic rings. The molecule has 0 spiro atoms. The molecular formula is C14H26O15Si9. The zero-order valence-electron chi connectivity index (χ0n) is 20.3. The maximum absolute atomic E-state index is 6.77. The third-order valence-corrected chi connectivity index (χ3v) is 38.4. The van der Waals surface area contributed by atoms with Crippen LogP contribution in [-0.2, 0) is 63.6 Å². The molecule has 0 aromatic rings. The van der Waals surface area contributed by atoms with E-state index in [1.54, 1.807) is 5.70 Å². The molecule has 7 unspecified atom stereocenters. The lowest BCUT2D eigenvalue weighted by Gasteiger charge is -2.55. The van der Waals surface area contributed by atoms with E-state index in [4.69, 9.17) is 63.6 Å². The topological polar surface area (TPSA) is 148 Å². The lowest BCUT2D eigenvalue weighted by molar-refractivity contribution is 0.0183. The fourth-order valence-electron chi connectivity index (χ4n) is 4.39. The van der Waals surface area contributed by atoms with Gasteiger partial charge in [0.05, 0.1) is 19.8 Å². The van der Waals surface area contributed by atoms with Crippen molar-refractivity contribution in [1.82, 2.24) is 0 Å². The summed E-state index contributed by atoms with van der Waals surface area (Å²) in [4.78, 5) is 0. The Bertz CT molecular complexity index is 1000. The zero-order valence-corrected chi connectivity index (χ0v) is 30.6. The van der Waals surface area contributed by atoms with Crippen LogP contribution in [0.2, 0.25) is 0 Å². The smallest absolute Gasteiger partial charge is 0.424 e. The molecule has 6 bridgehead atoms. The predicted octanol–water partition coefficient (Wildman–Crippen LogP) is -3.19. The average molecular weight is 687 g/mol. The van der Waals surface area contributed by atoms with E-state index in [0.717, 1.165) is 0 Å². The van der Waals surface area contributed by atoms with E-state index in [2.05, 4.69) is 26.3 Å². The Balaban J connectivity index is 1.48. The van der Waals surface area contributed by atoms with Gasteiger partial charge in [0.15, 0.2) is 0 Å². The predicted molar refractivity (Wildman–Crippen MR) is 142 cm³/mol. The van der Waals surface area contributed by atoms with Crippen molar-refractivity contribution in [3.63, 3.8) is 0 Å². The van der Waals surface area contributed by atoms with E-state index in [1.807, 2.05) is 0 Å². The van der Waals surface area contributed by atoms with Gasteiger partial charge in [-0.3, -0.25) is 0 Å². The standard InChI is InChI=1S/C14H26O15Si9/c1-5-31-19-37(13-10-16-13)22-32-21-33(6-2)24-34(7-3,28-37)26-36(18-30,12-9-15-12)27-35(8-4,25-33)29-38(20-31,23-32)14-11-17-14/h5-8,12-14,31-32H,1-4,9-11H2,30H3. The number of epoxide rings is 3. The van der Waals surface area contributed by atoms with E-state index >= 15 is 0 Å². The Morgan fingerprint density at radius 1 is 0.632 bits per heavy atom. The van der Waals surface area contributed by atoms with Crippen LogP contribution in [0.25, 0.3) is 0 Å². The molecule has 7 heterocycles. The number of ether oxygens (including phenoxy) is 3. The Morgan fingerprint density at radius 2 is 1.11 bits per heavy atom. The van der Waals surface area contributed by atoms with Crippen LogP contribution >= 0.6 is 0 Å². The molecule has 38 heavy (non-hydrogen) atoms. The highest BCUT2D eigenvalue weighted by Gasteiger charge is 2.80. The normalized spacial score (nSPS) is 56.8. The van der Waals surface area contributed by atoms with Gasteiger partial charge in [0.1, 0.15) is 27.7 Å². The van der Waals surface area contributed by atoms with Crippen LogP contribution < -0.4 is 0 Å². The molecule has 7 aliphatic heterocycles. The molecule has 0 aromatic carbocycles. The summed E-state index contributed by atoms with van der Waals surface area (Å²) < 4.78 is 96.5. The van der Waals surface area contributed by atoms with Gasteiger partial charge in [-0.15, -0.1) is 26.3 Å². The second kappa shape index (κ2) is 9.15. The van der Waals surface area contributed by atoms with E-state index in [9.17, 15) is 0 Å². The van der Waals surface area contributed by atoms with Gasteiger partial charge in [0, 0.05) is 0 Å². The molecule has 0 saturated carbocycles. The lowest BCUT2D eigenvalue weighted by Crippen LogP contribution is -2.83. The first kappa shape index (κ1) is 27.2. The van der Waals surface area contributed by atoms with Gasteiger partial charge < -0.3 is 63.6 Å². The maximum atomic E-state index is 6.77. The Labute approximate surface area is 231 Å². The van der Waals surface area contributed by atoms with Gasteiger partial charge >= 0.3 is 71.6 Å². The number of hydrogen-bond donors (Lipinski definition) is 0. The van der Waals surface area contributed by atoms with Crippen molar-refractivity contribution < 1.29 is 63.6 Å². The maximum Gasteiger partial charge on any atom is 0.510 e. The van der Waals surface area contributed by atoms with Crippen molar-refractivity contribution >= 4 is 82.1 Å². The number of rotatable bonds is 8. The summed E-state index contributed by atoms with van der Waals surface area (Å²) >= 11 is 0. The van der Waals surface area contributed by atoms with E-state index < -0.39 is 88.8 Å². The van der Waals surface area contributed by atoms with Crippen LogP contribution in [-0.4, -0.2) is 119 Å². The van der Waals surface area contributed by atoms with E-state index in [0.29, 0.717) is 19.8 Å². The van der Waals surface area contributed by atoms with Gasteiger partial charge in [0.25, 0.3) is 0 Å². The highest BCUT2D eigenvalue weighted by Crippen LogP contribution is 2.47. The second-order valence-corrected chi connectivity index (χ2v) is 32.4. The average Bonchev–Trinajstić information content (AvgIpc) is 3.72. The van der Waals surface area contributed by atoms with E-state index in [-0.39, 0.29) is 10.5 Å². The summed E-state index contributed by atoms with van der Waals surface area (Å²) in [6.45, 7) is 16.9. The molecule has 24 heteroatoms. The fourth-order valence-corrected chi connectivity index (χ4v) is 44.8. The Kier molecular flexibility index (Phi) is 6.54. The van der Waals surface area contributed by atoms with Gasteiger partial charge in [-0.25, -0.2) is 0 Å². The third-order valence-electron chi connectivity index (χ3n) is 6.46. The Hall–Kier alpha value is 0.312. The second-order valence-electron chi connectivity index (χ2n) is 9.00. The lowest BCUT2D eigenvalue weighted by atomic mass is 11.0. The van der Waals surface area contributed by atoms with E-state index in [1.165, 1.54) is 17.1 Å². The molecule has 0 aromatic heterocycles. The SMILES string of the molecule is C=C[SiH]1O[Si]2(C3CO3)O[SiH]3O[Si]4(C=C)O[Si](C=C)(O2)O[Si](O[SiH3])(C2CO2)O[Si](C=C)(O4)O[Si](C2CO2)(O1)O3. The molecule has 7 saturated heterocycles. The number of hydrogen-bond acceptors (Lipinski definition) is 15. The molecule has 208 valence electrons. The van der Waals surface area contributed by atoms with Crippen LogP contribution in [0, 0.1) is 0 Å². The van der Waals surface area contributed by atoms with Crippen LogP contribution in [0.5, 0.6) is 0 Å². The monoisotopic (exact) mass is 686 g/mol. The number of fused-ring (bicyclic) bond motifs is 4. The quantitative estimate of drug-likeness (QED) is 0.186. The largest absolute Gasteiger partial charge is 0.510 e. The van der Waals surface area contributed by atoms with Crippen LogP contribution in [0.3, 0.4) is 0 Å². The van der Waals surface area contributed by atoms with Crippen molar-refractivity contribution in [2.45, 2.75) is 17.2 Å². The van der Waals surface area contributed by atoms with Gasteiger partial charge in [-0.05, 0) is 17.1 Å².